The highest BCUT2D eigenvalue weighted by Gasteiger charge is 2.03. The smallest absolute Gasteiger partial charge is 0.311 e. The molecule has 0 atom stereocenters. The Balaban J connectivity index is 2.22. The molecule has 82 valence electrons. The molecule has 0 radical (unpaired) electrons. The van der Waals surface area contributed by atoms with Gasteiger partial charge in [-0.2, -0.15) is 0 Å². The molecule has 0 N–H and O–H groups in total. The number of esters is 1. The highest BCUT2D eigenvalue weighted by Crippen LogP contribution is 2.20. The highest BCUT2D eigenvalue weighted by atomic mass is 16.5. The van der Waals surface area contributed by atoms with Gasteiger partial charge in [0.15, 0.2) is 0 Å². The van der Waals surface area contributed by atoms with Crippen LogP contribution in [0.5, 0.6) is 5.75 Å². The molecular weight excluding hydrogens is 200 g/mol. The van der Waals surface area contributed by atoms with Gasteiger partial charge < -0.3 is 4.74 Å². The normalized spacial score (nSPS) is 10.3. The minimum absolute atomic E-state index is 0.169. The van der Waals surface area contributed by atoms with Gasteiger partial charge in [-0.1, -0.05) is 37.3 Å². The molecule has 0 amide bonds. The largest absolute Gasteiger partial charge is 0.427 e. The number of fused-ring (bicyclic) bond motifs is 1. The maximum Gasteiger partial charge on any atom is 0.311 e. The van der Waals surface area contributed by atoms with Crippen molar-refractivity contribution >= 4 is 16.7 Å². The summed E-state index contributed by atoms with van der Waals surface area (Å²) >= 11 is 0. The Hall–Kier alpha value is -1.83. The summed E-state index contributed by atoms with van der Waals surface area (Å²) in [6.07, 6.45) is 1.28. The third-order valence-corrected chi connectivity index (χ3v) is 2.41. The summed E-state index contributed by atoms with van der Waals surface area (Å²) < 4.78 is 5.22. The van der Waals surface area contributed by atoms with Gasteiger partial charge >= 0.3 is 5.97 Å². The molecule has 0 unspecified atom stereocenters. The van der Waals surface area contributed by atoms with Crippen LogP contribution in [0.4, 0.5) is 0 Å². The minimum Gasteiger partial charge on any atom is -0.427 e. The van der Waals surface area contributed by atoms with Crippen LogP contribution < -0.4 is 4.74 Å². The third-order valence-electron chi connectivity index (χ3n) is 2.41. The Bertz CT molecular complexity index is 503. The maximum atomic E-state index is 11.3. The average molecular weight is 214 g/mol. The Labute approximate surface area is 94.8 Å². The van der Waals surface area contributed by atoms with Gasteiger partial charge in [-0.05, 0) is 29.3 Å². The van der Waals surface area contributed by atoms with E-state index in [1.54, 1.807) is 0 Å². The maximum absolute atomic E-state index is 11.3. The molecule has 0 spiro atoms. The average Bonchev–Trinajstić information content (AvgIpc) is 2.29. The van der Waals surface area contributed by atoms with Gasteiger partial charge in [-0.3, -0.25) is 4.79 Å². The SMILES string of the molecule is CCCC(=O)Oc1ccc2ccccc2c1. The summed E-state index contributed by atoms with van der Waals surface area (Å²) in [5.74, 6) is 0.454. The Morgan fingerprint density at radius 2 is 1.88 bits per heavy atom. The van der Waals surface area contributed by atoms with Crippen LogP contribution in [0.25, 0.3) is 10.8 Å². The first-order valence-corrected chi connectivity index (χ1v) is 5.49. The molecule has 2 rings (SSSR count). The lowest BCUT2D eigenvalue weighted by Crippen LogP contribution is -2.06. The molecule has 0 aliphatic rings. The zero-order chi connectivity index (χ0) is 11.4. The molecule has 2 heteroatoms. The summed E-state index contributed by atoms with van der Waals surface area (Å²) in [6.45, 7) is 1.96. The number of rotatable bonds is 3. The van der Waals surface area contributed by atoms with Gasteiger partial charge in [-0.25, -0.2) is 0 Å². The van der Waals surface area contributed by atoms with Gasteiger partial charge in [0.2, 0.25) is 0 Å². The van der Waals surface area contributed by atoms with E-state index in [0.29, 0.717) is 12.2 Å². The fourth-order valence-corrected chi connectivity index (χ4v) is 1.62. The van der Waals surface area contributed by atoms with Gasteiger partial charge in [0, 0.05) is 6.42 Å². The first-order chi connectivity index (χ1) is 7.79. The lowest BCUT2D eigenvalue weighted by Gasteiger charge is -2.04. The van der Waals surface area contributed by atoms with Gasteiger partial charge in [0.05, 0.1) is 0 Å². The Kier molecular flexibility index (Phi) is 3.20. The molecule has 0 heterocycles. The molecule has 0 aliphatic heterocycles. The summed E-state index contributed by atoms with van der Waals surface area (Å²) in [5, 5.41) is 2.24. The molecule has 0 bridgehead atoms. The molecule has 0 aliphatic carbocycles. The summed E-state index contributed by atoms with van der Waals surface area (Å²) in [7, 11) is 0. The second-order valence-corrected chi connectivity index (χ2v) is 3.73. The number of ether oxygens (including phenoxy) is 1. The van der Waals surface area contributed by atoms with Crippen molar-refractivity contribution in [2.45, 2.75) is 19.8 Å². The zero-order valence-electron chi connectivity index (χ0n) is 9.27. The van der Waals surface area contributed by atoms with Crippen LogP contribution in [0.1, 0.15) is 19.8 Å². The van der Waals surface area contributed by atoms with Crippen LogP contribution in [-0.2, 0) is 4.79 Å². The molecule has 0 fully saturated rings. The van der Waals surface area contributed by atoms with Gasteiger partial charge in [0.25, 0.3) is 0 Å². The van der Waals surface area contributed by atoms with Crippen molar-refractivity contribution in [2.75, 3.05) is 0 Å². The van der Waals surface area contributed by atoms with E-state index in [4.69, 9.17) is 4.74 Å². The van der Waals surface area contributed by atoms with Crippen LogP contribution >= 0.6 is 0 Å². The van der Waals surface area contributed by atoms with E-state index in [9.17, 15) is 4.79 Å². The van der Waals surface area contributed by atoms with Crippen LogP contribution in [0.2, 0.25) is 0 Å². The lowest BCUT2D eigenvalue weighted by molar-refractivity contribution is -0.134. The van der Waals surface area contributed by atoms with Gasteiger partial charge in [0.1, 0.15) is 5.75 Å². The van der Waals surface area contributed by atoms with Crippen molar-refractivity contribution in [2.24, 2.45) is 0 Å². The second kappa shape index (κ2) is 4.79. The molecule has 2 aromatic carbocycles. The monoisotopic (exact) mass is 214 g/mol. The number of carbonyl (C=O) groups excluding carboxylic acids is 1. The van der Waals surface area contributed by atoms with E-state index in [0.717, 1.165) is 17.2 Å². The van der Waals surface area contributed by atoms with Crippen molar-refractivity contribution in [3.05, 3.63) is 42.5 Å². The predicted molar refractivity (Wildman–Crippen MR) is 64.5 cm³/mol. The van der Waals surface area contributed by atoms with Crippen molar-refractivity contribution in [1.82, 2.24) is 0 Å². The van der Waals surface area contributed by atoms with Crippen molar-refractivity contribution in [3.63, 3.8) is 0 Å². The summed E-state index contributed by atoms with van der Waals surface area (Å²) in [4.78, 5) is 11.3. The standard InChI is InChI=1S/C14H14O2/c1-2-5-14(15)16-13-9-8-11-6-3-4-7-12(11)10-13/h3-4,6-10H,2,5H2,1H3. The van der Waals surface area contributed by atoms with E-state index in [1.807, 2.05) is 49.4 Å². The number of hydrogen-bond acceptors (Lipinski definition) is 2. The predicted octanol–water partition coefficient (Wildman–Crippen LogP) is 3.55. The molecule has 0 aromatic heterocycles. The van der Waals surface area contributed by atoms with E-state index < -0.39 is 0 Å². The number of benzene rings is 2. The van der Waals surface area contributed by atoms with E-state index in [1.165, 1.54) is 0 Å². The zero-order valence-corrected chi connectivity index (χ0v) is 9.27. The summed E-state index contributed by atoms with van der Waals surface area (Å²) in [6, 6.07) is 13.7. The van der Waals surface area contributed by atoms with Crippen molar-refractivity contribution in [3.8, 4) is 5.75 Å². The third kappa shape index (κ3) is 2.40. The van der Waals surface area contributed by atoms with Crippen LogP contribution in [-0.4, -0.2) is 5.97 Å². The minimum atomic E-state index is -0.169. The Morgan fingerprint density at radius 3 is 2.62 bits per heavy atom. The first kappa shape index (κ1) is 10.7. The number of carbonyl (C=O) groups is 1. The molecule has 16 heavy (non-hydrogen) atoms. The number of hydrogen-bond donors (Lipinski definition) is 0. The van der Waals surface area contributed by atoms with Crippen LogP contribution in [0.3, 0.4) is 0 Å². The van der Waals surface area contributed by atoms with Crippen LogP contribution in [0, 0.1) is 0 Å². The molecule has 0 saturated carbocycles. The molecular formula is C14H14O2. The van der Waals surface area contributed by atoms with E-state index in [-0.39, 0.29) is 5.97 Å². The van der Waals surface area contributed by atoms with Crippen molar-refractivity contribution < 1.29 is 9.53 Å². The topological polar surface area (TPSA) is 26.3 Å². The van der Waals surface area contributed by atoms with Crippen molar-refractivity contribution in [1.29, 1.82) is 0 Å². The second-order valence-electron chi connectivity index (χ2n) is 3.73. The van der Waals surface area contributed by atoms with Gasteiger partial charge in [-0.15, -0.1) is 0 Å². The van der Waals surface area contributed by atoms with E-state index >= 15 is 0 Å². The fourth-order valence-electron chi connectivity index (χ4n) is 1.62. The highest BCUT2D eigenvalue weighted by molar-refractivity contribution is 5.84. The molecule has 2 aromatic rings. The quantitative estimate of drug-likeness (QED) is 0.577. The molecule has 0 saturated heterocycles. The molecule has 2 nitrogen and oxygen atoms in total. The fraction of sp³-hybridized carbons (Fsp3) is 0.214. The Morgan fingerprint density at radius 1 is 1.12 bits per heavy atom. The van der Waals surface area contributed by atoms with E-state index in [2.05, 4.69) is 0 Å². The van der Waals surface area contributed by atoms with Crippen LogP contribution in [0.15, 0.2) is 42.5 Å². The lowest BCUT2D eigenvalue weighted by atomic mass is 10.1. The first-order valence-electron chi connectivity index (χ1n) is 5.49. The summed E-state index contributed by atoms with van der Waals surface area (Å²) in [5.41, 5.74) is 0.